The van der Waals surface area contributed by atoms with Gasteiger partial charge in [-0.05, 0) is 166 Å². The van der Waals surface area contributed by atoms with E-state index in [1.54, 1.807) is 0 Å². The Bertz CT molecular complexity index is 4090. The molecule has 0 aromatic heterocycles. The lowest BCUT2D eigenvalue weighted by molar-refractivity contribution is 0.00461. The molecular formula is C88H81NO11. The van der Waals surface area contributed by atoms with Gasteiger partial charge in [-0.2, -0.15) is 0 Å². The molecule has 0 spiro atoms. The molecule has 12 heteroatoms. The summed E-state index contributed by atoms with van der Waals surface area (Å²) in [5, 5.41) is 13.2. The van der Waals surface area contributed by atoms with Gasteiger partial charge in [0.25, 0.3) is 0 Å². The number of nitrogens with zero attached hydrogens (tertiary/aromatic N) is 1. The van der Waals surface area contributed by atoms with E-state index in [0.29, 0.717) is 97.1 Å². The third-order valence-corrected chi connectivity index (χ3v) is 17.5. The Morgan fingerprint density at radius 3 is 0.660 bits per heavy atom. The number of benzene rings is 12. The second kappa shape index (κ2) is 33.7. The zero-order chi connectivity index (χ0) is 68.0. The van der Waals surface area contributed by atoms with Crippen LogP contribution in [0.4, 0.5) is 0 Å². The summed E-state index contributed by atoms with van der Waals surface area (Å²) in [4.78, 5) is 2.25. The van der Waals surface area contributed by atoms with Gasteiger partial charge in [0.1, 0.15) is 129 Å². The Morgan fingerprint density at radius 1 is 0.260 bits per heavy atom. The van der Waals surface area contributed by atoms with Crippen molar-refractivity contribution in [3.05, 3.63) is 370 Å². The van der Waals surface area contributed by atoms with Crippen molar-refractivity contribution in [3.63, 3.8) is 0 Å². The van der Waals surface area contributed by atoms with Crippen molar-refractivity contribution in [2.75, 3.05) is 13.6 Å². The van der Waals surface area contributed by atoms with Crippen molar-refractivity contribution in [2.24, 2.45) is 0 Å². The highest BCUT2D eigenvalue weighted by Gasteiger charge is 2.44. The van der Waals surface area contributed by atoms with Gasteiger partial charge >= 0.3 is 0 Å². The minimum absolute atomic E-state index is 0.185. The molecule has 12 aromatic carbocycles. The number of rotatable bonds is 33. The fourth-order valence-corrected chi connectivity index (χ4v) is 12.2. The molecule has 12 nitrogen and oxygen atoms in total. The molecule has 1 aliphatic heterocycles. The Labute approximate surface area is 586 Å². The summed E-state index contributed by atoms with van der Waals surface area (Å²) < 4.78 is 64.4. The molecule has 100 heavy (non-hydrogen) atoms. The fourth-order valence-electron chi connectivity index (χ4n) is 12.2. The molecule has 1 aliphatic rings. The molecule has 504 valence electrons. The smallest absolute Gasteiger partial charge is 0.130 e. The van der Waals surface area contributed by atoms with Gasteiger partial charge in [0.15, 0.2) is 0 Å². The van der Waals surface area contributed by atoms with Crippen LogP contribution in [-0.2, 0) is 71.7 Å². The fraction of sp³-hybridized carbons (Fsp3) is 0.182. The maximum Gasteiger partial charge on any atom is 0.130 e. The van der Waals surface area contributed by atoms with E-state index in [4.69, 9.17) is 47.4 Å². The quantitative estimate of drug-likeness (QED) is 0.0422. The van der Waals surface area contributed by atoms with E-state index >= 15 is 0 Å². The molecule has 0 radical (unpaired) electrons. The van der Waals surface area contributed by atoms with Gasteiger partial charge in [0.05, 0.1) is 0 Å². The molecular weight excluding hydrogens is 1250 g/mol. The van der Waals surface area contributed by atoms with Crippen LogP contribution in [0.5, 0.6) is 57.5 Å². The summed E-state index contributed by atoms with van der Waals surface area (Å²) in [5.41, 5.74) is 9.93. The van der Waals surface area contributed by atoms with Crippen LogP contribution in [-0.4, -0.2) is 29.6 Å². The third kappa shape index (κ3) is 19.0. The second-order valence-electron chi connectivity index (χ2n) is 25.0. The second-order valence-corrected chi connectivity index (χ2v) is 25.0. The van der Waals surface area contributed by atoms with E-state index in [0.717, 1.165) is 86.1 Å². The summed E-state index contributed by atoms with van der Waals surface area (Å²) in [6.45, 7) is 4.17. The minimum Gasteiger partial charge on any atom is -0.489 e. The normalized spacial score (nSPS) is 12.8. The van der Waals surface area contributed by atoms with Gasteiger partial charge in [-0.3, -0.25) is 4.90 Å². The van der Waals surface area contributed by atoms with Crippen LogP contribution in [0.25, 0.3) is 0 Å². The minimum atomic E-state index is -1.36. The molecule has 1 N–H and O–H groups in total. The zero-order valence-electron chi connectivity index (χ0n) is 56.1. The first-order chi connectivity index (χ1) is 49.2. The Morgan fingerprint density at radius 2 is 0.460 bits per heavy atom. The van der Waals surface area contributed by atoms with Gasteiger partial charge in [0, 0.05) is 30.3 Å². The molecule has 0 amide bonds. The highest BCUT2D eigenvalue weighted by molar-refractivity contribution is 5.46. The van der Waals surface area contributed by atoms with E-state index in [1.807, 2.05) is 303 Å². The van der Waals surface area contributed by atoms with Crippen LogP contribution in [0.1, 0.15) is 79.6 Å². The lowest BCUT2D eigenvalue weighted by Gasteiger charge is -2.39. The summed E-state index contributed by atoms with van der Waals surface area (Å²) in [6, 6.07) is 99.4. The number of hydrogen-bond acceptors (Lipinski definition) is 12. The first-order valence-electron chi connectivity index (χ1n) is 33.9. The first kappa shape index (κ1) is 67.1. The molecule has 1 atom stereocenters. The van der Waals surface area contributed by atoms with Gasteiger partial charge < -0.3 is 52.5 Å². The van der Waals surface area contributed by atoms with E-state index in [9.17, 15) is 5.11 Å². The van der Waals surface area contributed by atoms with Crippen LogP contribution < -0.4 is 47.4 Å². The van der Waals surface area contributed by atoms with E-state index in [2.05, 4.69) is 11.9 Å². The molecule has 12 aromatic rings. The summed E-state index contributed by atoms with van der Waals surface area (Å²) in [7, 11) is 2.08. The van der Waals surface area contributed by atoms with Gasteiger partial charge in [-0.15, -0.1) is 0 Å². The van der Waals surface area contributed by atoms with Crippen molar-refractivity contribution in [2.45, 2.75) is 90.6 Å². The average molecular weight is 1330 g/mol. The zero-order valence-corrected chi connectivity index (χ0v) is 56.1. The van der Waals surface area contributed by atoms with Crippen molar-refractivity contribution in [1.29, 1.82) is 0 Å². The maximum absolute atomic E-state index is 13.2. The molecule has 1 saturated heterocycles. The largest absolute Gasteiger partial charge is 0.489 e. The highest BCUT2D eigenvalue weighted by atomic mass is 16.5. The lowest BCUT2D eigenvalue weighted by atomic mass is 9.79. The lowest BCUT2D eigenvalue weighted by Crippen LogP contribution is -2.46. The van der Waals surface area contributed by atoms with Gasteiger partial charge in [-0.1, -0.05) is 206 Å². The standard InChI is InChI=1S/C88H81NO11/c1-89-42-20-33-87(89)88(90,75-34-38-77(39-35-75)91-61-71-43-79(93-55-65-21-8-2-9-22-65)53-85(45-71)99-63-73-47-81(95-57-67-25-12-4-13-26-67)51-82(48-73)96-58-68-27-14-5-15-28-68)76-36-40-78(41-37-76)92-62-72-44-80(94-56-66-23-10-3-11-24-66)54-86(46-72)100-64-74-49-83(97-59-69-29-16-6-17-30-69)52-84(50-74)98-60-70-31-18-7-19-32-70/h2-19,21-32,34-41,43-54,87,90H,20,33,42,55-64H2,1H3/t87-/m0/s1. The Kier molecular flexibility index (Phi) is 22.6. The highest BCUT2D eigenvalue weighted by Crippen LogP contribution is 2.42. The van der Waals surface area contributed by atoms with Crippen LogP contribution >= 0.6 is 0 Å². The van der Waals surface area contributed by atoms with E-state index in [-0.39, 0.29) is 32.5 Å². The Hall–Kier alpha value is -11.4. The predicted octanol–water partition coefficient (Wildman–Crippen LogP) is 18.8. The number of likely N-dealkylation sites (N-methyl/N-ethyl adjacent to an activating group) is 1. The van der Waals surface area contributed by atoms with Crippen molar-refractivity contribution in [1.82, 2.24) is 4.90 Å². The number of aliphatic hydroxyl groups is 1. The molecule has 13 rings (SSSR count). The molecule has 1 heterocycles. The monoisotopic (exact) mass is 1330 g/mol. The molecule has 0 unspecified atom stereocenters. The average Bonchev–Trinajstić information content (AvgIpc) is 1.32. The Balaban J connectivity index is 0.692. The van der Waals surface area contributed by atoms with Crippen molar-refractivity contribution in [3.8, 4) is 57.5 Å². The molecule has 0 bridgehead atoms. The van der Waals surface area contributed by atoms with Crippen LogP contribution in [0.2, 0.25) is 0 Å². The van der Waals surface area contributed by atoms with Crippen molar-refractivity contribution >= 4 is 0 Å². The predicted molar refractivity (Wildman–Crippen MR) is 389 cm³/mol. The van der Waals surface area contributed by atoms with Crippen LogP contribution in [0.3, 0.4) is 0 Å². The van der Waals surface area contributed by atoms with Crippen molar-refractivity contribution < 1.29 is 52.5 Å². The summed E-state index contributed by atoms with van der Waals surface area (Å²) in [6.07, 6.45) is 1.78. The van der Waals surface area contributed by atoms with Crippen LogP contribution in [0, 0.1) is 0 Å². The third-order valence-electron chi connectivity index (χ3n) is 17.5. The van der Waals surface area contributed by atoms with E-state index < -0.39 is 5.60 Å². The number of ether oxygens (including phenoxy) is 10. The van der Waals surface area contributed by atoms with E-state index in [1.165, 1.54) is 0 Å². The molecule has 1 fully saturated rings. The van der Waals surface area contributed by atoms with Crippen LogP contribution in [0.15, 0.2) is 303 Å². The maximum atomic E-state index is 13.2. The summed E-state index contributed by atoms with van der Waals surface area (Å²) in [5.74, 6) is 6.49. The number of hydrogen-bond donors (Lipinski definition) is 1. The molecule has 0 aliphatic carbocycles. The molecule has 0 saturated carbocycles. The first-order valence-corrected chi connectivity index (χ1v) is 33.9. The SMILES string of the molecule is CN1CCC[C@H]1C(O)(c1ccc(OCc2cc(OCc3ccccc3)cc(OCc3cc(OCc4ccccc4)cc(OCc4ccccc4)c3)c2)cc1)c1ccc(OCc2cc(OCc3ccccc3)cc(OCc3cc(OCc4ccccc4)cc(OCc4ccccc4)c3)c2)cc1. The number of likely N-dealkylation sites (tertiary alicyclic amines) is 1. The summed E-state index contributed by atoms with van der Waals surface area (Å²) >= 11 is 0. The topological polar surface area (TPSA) is 116 Å². The van der Waals surface area contributed by atoms with Gasteiger partial charge in [-0.25, -0.2) is 0 Å². The van der Waals surface area contributed by atoms with Gasteiger partial charge in [0.2, 0.25) is 0 Å².